The fourth-order valence-corrected chi connectivity index (χ4v) is 0.818. The van der Waals surface area contributed by atoms with Gasteiger partial charge in [0.05, 0.1) is 0 Å². The van der Waals surface area contributed by atoms with Crippen LogP contribution in [0.3, 0.4) is 0 Å². The van der Waals surface area contributed by atoms with Gasteiger partial charge in [0.15, 0.2) is 0 Å². The molecule has 0 radical (unpaired) electrons. The second-order valence-electron chi connectivity index (χ2n) is 2.28. The van der Waals surface area contributed by atoms with E-state index in [9.17, 15) is 0 Å². The molecular formula is C6H11BN2. The van der Waals surface area contributed by atoms with E-state index in [0.717, 1.165) is 13.0 Å². The van der Waals surface area contributed by atoms with Gasteiger partial charge >= 0.3 is 0 Å². The molecule has 0 aromatic carbocycles. The molecule has 0 fully saturated rings. The minimum absolute atomic E-state index is 1.04. The van der Waals surface area contributed by atoms with Crippen LogP contribution in [0.2, 0.25) is 0 Å². The van der Waals surface area contributed by atoms with E-state index in [-0.39, 0.29) is 0 Å². The zero-order valence-corrected chi connectivity index (χ0v) is 5.96. The monoisotopic (exact) mass is 122 g/mol. The minimum atomic E-state index is 1.04. The third kappa shape index (κ3) is 1.59. The maximum Gasteiger partial charge on any atom is 0.143 e. The number of aromatic nitrogens is 2. The van der Waals surface area contributed by atoms with Crippen LogP contribution in [-0.2, 0) is 6.54 Å². The highest BCUT2D eigenvalue weighted by Gasteiger charge is 1.88. The molecule has 48 valence electrons. The van der Waals surface area contributed by atoms with Gasteiger partial charge in [0, 0.05) is 18.9 Å². The average Bonchev–Trinajstić information content (AvgIpc) is 2.17. The van der Waals surface area contributed by atoms with Gasteiger partial charge in [-0.25, -0.2) is 0 Å². The smallest absolute Gasteiger partial charge is 0.143 e. The Morgan fingerprint density at radius 2 is 2.56 bits per heavy atom. The summed E-state index contributed by atoms with van der Waals surface area (Å²) in [5.74, 6) is 0. The van der Waals surface area contributed by atoms with E-state index >= 15 is 0 Å². The molecule has 0 saturated heterocycles. The van der Waals surface area contributed by atoms with Crippen molar-refractivity contribution in [2.24, 2.45) is 0 Å². The van der Waals surface area contributed by atoms with Gasteiger partial charge in [-0.3, -0.25) is 4.68 Å². The normalized spacial score (nSPS) is 9.89. The first-order valence-electron chi connectivity index (χ1n) is 3.32. The standard InChI is InChI=1S/C6H11BN2/c1-2-3-9-5-6(7)4-8-9/h4-5H,2-3,7H2,1H3. The predicted molar refractivity (Wildman–Crippen MR) is 40.7 cm³/mol. The van der Waals surface area contributed by atoms with Crippen molar-refractivity contribution in [1.82, 2.24) is 9.78 Å². The van der Waals surface area contributed by atoms with Gasteiger partial charge in [0.25, 0.3) is 0 Å². The Hall–Kier alpha value is -0.725. The molecule has 0 atom stereocenters. The maximum atomic E-state index is 4.12. The fourth-order valence-electron chi connectivity index (χ4n) is 0.818. The third-order valence-electron chi connectivity index (χ3n) is 1.22. The summed E-state index contributed by atoms with van der Waals surface area (Å²) in [6.07, 6.45) is 5.10. The molecule has 0 N–H and O–H groups in total. The number of hydrogen-bond donors (Lipinski definition) is 0. The van der Waals surface area contributed by atoms with E-state index in [1.807, 2.05) is 10.9 Å². The molecule has 0 spiro atoms. The molecular weight excluding hydrogens is 111 g/mol. The van der Waals surface area contributed by atoms with Crippen LogP contribution in [0.5, 0.6) is 0 Å². The van der Waals surface area contributed by atoms with Gasteiger partial charge in [-0.05, 0) is 6.42 Å². The number of aryl methyl sites for hydroxylation is 1. The second-order valence-corrected chi connectivity index (χ2v) is 2.28. The van der Waals surface area contributed by atoms with Crippen molar-refractivity contribution in [3.63, 3.8) is 0 Å². The zero-order valence-electron chi connectivity index (χ0n) is 5.96. The molecule has 3 heteroatoms. The first kappa shape index (κ1) is 6.40. The predicted octanol–water partition coefficient (Wildman–Crippen LogP) is -0.449. The topological polar surface area (TPSA) is 17.8 Å². The first-order chi connectivity index (χ1) is 4.33. The molecule has 0 bridgehead atoms. The minimum Gasteiger partial charge on any atom is -0.273 e. The van der Waals surface area contributed by atoms with Crippen molar-refractivity contribution in [2.45, 2.75) is 19.9 Å². The van der Waals surface area contributed by atoms with Crippen LogP contribution in [0.15, 0.2) is 12.4 Å². The molecule has 0 amide bonds. The lowest BCUT2D eigenvalue weighted by molar-refractivity contribution is 0.603. The summed E-state index contributed by atoms with van der Waals surface area (Å²) in [6.45, 7) is 3.19. The molecule has 1 rings (SSSR count). The summed E-state index contributed by atoms with van der Waals surface area (Å²) in [4.78, 5) is 0. The van der Waals surface area contributed by atoms with Crippen molar-refractivity contribution in [1.29, 1.82) is 0 Å². The van der Waals surface area contributed by atoms with Crippen molar-refractivity contribution < 1.29 is 0 Å². The Morgan fingerprint density at radius 1 is 1.78 bits per heavy atom. The Kier molecular flexibility index (Phi) is 1.93. The third-order valence-corrected chi connectivity index (χ3v) is 1.22. The first-order valence-corrected chi connectivity index (χ1v) is 3.32. The second kappa shape index (κ2) is 2.71. The van der Waals surface area contributed by atoms with Crippen molar-refractivity contribution in [3.05, 3.63) is 12.4 Å². The lowest BCUT2D eigenvalue weighted by Gasteiger charge is -1.93. The number of nitrogens with zero attached hydrogens (tertiary/aromatic N) is 2. The number of rotatable bonds is 2. The quantitative estimate of drug-likeness (QED) is 0.486. The molecule has 0 aliphatic carbocycles. The lowest BCUT2D eigenvalue weighted by Crippen LogP contribution is -1.99. The molecule has 1 aromatic heterocycles. The Labute approximate surface area is 56.3 Å². The molecule has 2 nitrogen and oxygen atoms in total. The van der Waals surface area contributed by atoms with Gasteiger partial charge in [-0.2, -0.15) is 5.10 Å². The number of hydrogen-bond acceptors (Lipinski definition) is 1. The van der Waals surface area contributed by atoms with Crippen LogP contribution in [0.4, 0.5) is 0 Å². The Bertz CT molecular complexity index is 183. The zero-order chi connectivity index (χ0) is 6.69. The van der Waals surface area contributed by atoms with Gasteiger partial charge in [-0.15, -0.1) is 0 Å². The van der Waals surface area contributed by atoms with Gasteiger partial charge < -0.3 is 0 Å². The molecule has 0 saturated carbocycles. The summed E-state index contributed by atoms with van der Waals surface area (Å²) in [5, 5.41) is 4.12. The SMILES string of the molecule is Bc1cnn(CCC)c1. The summed E-state index contributed by atoms with van der Waals surface area (Å²) < 4.78 is 1.97. The van der Waals surface area contributed by atoms with E-state index in [4.69, 9.17) is 0 Å². The molecule has 1 aromatic rings. The highest BCUT2D eigenvalue weighted by molar-refractivity contribution is 6.31. The highest BCUT2D eigenvalue weighted by atomic mass is 15.3. The lowest BCUT2D eigenvalue weighted by atomic mass is 10.0. The summed E-state index contributed by atoms with van der Waals surface area (Å²) in [6, 6.07) is 0. The Balaban J connectivity index is 2.61. The van der Waals surface area contributed by atoms with E-state index < -0.39 is 0 Å². The van der Waals surface area contributed by atoms with Gasteiger partial charge in [-0.1, -0.05) is 12.4 Å². The van der Waals surface area contributed by atoms with Crippen LogP contribution >= 0.6 is 0 Å². The summed E-state index contributed by atoms with van der Waals surface area (Å²) in [7, 11) is 2.05. The van der Waals surface area contributed by atoms with Crippen LogP contribution in [0, 0.1) is 0 Å². The van der Waals surface area contributed by atoms with Crippen molar-refractivity contribution in [2.75, 3.05) is 0 Å². The van der Waals surface area contributed by atoms with E-state index in [1.165, 1.54) is 5.46 Å². The van der Waals surface area contributed by atoms with E-state index in [1.54, 1.807) is 0 Å². The maximum absolute atomic E-state index is 4.12. The van der Waals surface area contributed by atoms with E-state index in [2.05, 4.69) is 26.1 Å². The molecule has 0 aliphatic heterocycles. The van der Waals surface area contributed by atoms with Crippen molar-refractivity contribution in [3.8, 4) is 0 Å². The molecule has 1 heterocycles. The largest absolute Gasteiger partial charge is 0.273 e. The van der Waals surface area contributed by atoms with Crippen LogP contribution < -0.4 is 5.46 Å². The molecule has 9 heavy (non-hydrogen) atoms. The van der Waals surface area contributed by atoms with Gasteiger partial charge in [0.1, 0.15) is 7.85 Å². The summed E-state index contributed by atoms with van der Waals surface area (Å²) >= 11 is 0. The molecule has 0 unspecified atom stereocenters. The average molecular weight is 122 g/mol. The van der Waals surface area contributed by atoms with Crippen LogP contribution in [0.1, 0.15) is 13.3 Å². The van der Waals surface area contributed by atoms with Crippen LogP contribution in [0.25, 0.3) is 0 Å². The molecule has 0 aliphatic rings. The highest BCUT2D eigenvalue weighted by Crippen LogP contribution is 1.83. The van der Waals surface area contributed by atoms with Crippen molar-refractivity contribution >= 4 is 13.3 Å². The van der Waals surface area contributed by atoms with Crippen LogP contribution in [-0.4, -0.2) is 17.6 Å². The summed E-state index contributed by atoms with van der Waals surface area (Å²) in [5.41, 5.74) is 1.24. The van der Waals surface area contributed by atoms with Gasteiger partial charge in [0.2, 0.25) is 0 Å². The van der Waals surface area contributed by atoms with E-state index in [0.29, 0.717) is 0 Å². The Morgan fingerprint density at radius 3 is 3.00 bits per heavy atom. The fraction of sp³-hybridized carbons (Fsp3) is 0.500.